The van der Waals surface area contributed by atoms with E-state index in [1.165, 1.54) is 32.3 Å². The zero-order chi connectivity index (χ0) is 38.2. The lowest BCUT2D eigenvalue weighted by Gasteiger charge is -2.07. The van der Waals surface area contributed by atoms with E-state index in [9.17, 15) is 0 Å². The molecule has 4 heterocycles. The molecule has 0 unspecified atom stereocenters. The first-order chi connectivity index (χ1) is 25.3. The number of thiazole rings is 1. The van der Waals surface area contributed by atoms with Crippen LogP contribution in [0.2, 0.25) is 15.1 Å². The van der Waals surface area contributed by atoms with Crippen LogP contribution in [-0.4, -0.2) is 24.9 Å². The zero-order valence-corrected chi connectivity index (χ0v) is 34.5. The maximum atomic E-state index is 6.14. The molecule has 0 fully saturated rings. The van der Waals surface area contributed by atoms with Crippen LogP contribution in [0, 0.1) is 0 Å². The highest BCUT2D eigenvalue weighted by molar-refractivity contribution is 7.16. The molecule has 0 radical (unpaired) electrons. The van der Waals surface area contributed by atoms with E-state index in [4.69, 9.17) is 34.8 Å². The number of benzene rings is 4. The molecule has 53 heavy (non-hydrogen) atoms. The van der Waals surface area contributed by atoms with Crippen molar-refractivity contribution in [1.29, 1.82) is 0 Å². The second-order valence-corrected chi connectivity index (χ2v) is 16.3. The van der Waals surface area contributed by atoms with Gasteiger partial charge in [0.2, 0.25) is 0 Å². The number of aromatic amines is 1. The Morgan fingerprint density at radius 2 is 1.06 bits per heavy atom. The van der Waals surface area contributed by atoms with Crippen molar-refractivity contribution in [3.8, 4) is 0 Å². The molecule has 0 aliphatic rings. The number of nitrogens with zero attached hydrogens (tertiary/aromatic N) is 4. The molecule has 9 heteroatoms. The average molecular weight is 783 g/mol. The molecular weight excluding hydrogens is 737 g/mol. The van der Waals surface area contributed by atoms with E-state index in [1.54, 1.807) is 23.9 Å². The van der Waals surface area contributed by atoms with Crippen LogP contribution in [0.4, 0.5) is 0 Å². The Bertz CT molecular complexity index is 2350. The van der Waals surface area contributed by atoms with Gasteiger partial charge in [-0.2, -0.15) is 0 Å². The molecule has 5 nitrogen and oxygen atoms in total. The summed E-state index contributed by atoms with van der Waals surface area (Å²) in [6.07, 6.45) is 5.27. The minimum atomic E-state index is 0.491. The van der Waals surface area contributed by atoms with Crippen molar-refractivity contribution in [3.05, 3.63) is 140 Å². The van der Waals surface area contributed by atoms with Crippen molar-refractivity contribution in [2.24, 2.45) is 0 Å². The van der Waals surface area contributed by atoms with Gasteiger partial charge in [0.1, 0.15) is 5.52 Å². The van der Waals surface area contributed by atoms with Crippen LogP contribution in [0.25, 0.3) is 43.1 Å². The fraction of sp³-hybridized carbons (Fsp3) is 0.273. The Morgan fingerprint density at radius 1 is 0.509 bits per heavy atom. The standard InChI is InChI=1S/C12H12ClN.C12H13N.C10H11ClN2.C10H10ClNS/c1-8(2)10-6-9-4-3-5-14-12(9)11(13)7-10;1-9(2)10-5-6-12-11(8-10)4-3-7-13-12;1-6(2)7-3-8(11)10-9(4-7)12-5-13-10;1-6(2)7-3-8(11)10-9(4-7)13-5-12-10/h3-8H,1-2H3;3-9H,1-2H3;3-6H,1-2H3,(H,12,13);3-6H,1-2H3. The maximum absolute atomic E-state index is 6.14. The highest BCUT2D eigenvalue weighted by atomic mass is 35.5. The molecule has 0 saturated carbocycles. The van der Waals surface area contributed by atoms with Crippen molar-refractivity contribution in [3.63, 3.8) is 0 Å². The largest absolute Gasteiger partial charge is 0.345 e. The second kappa shape index (κ2) is 18.3. The molecule has 0 atom stereocenters. The van der Waals surface area contributed by atoms with Gasteiger partial charge in [-0.05, 0) is 107 Å². The zero-order valence-electron chi connectivity index (χ0n) is 31.5. The van der Waals surface area contributed by atoms with Crippen LogP contribution in [0.15, 0.2) is 103 Å². The van der Waals surface area contributed by atoms with Crippen LogP contribution in [0.5, 0.6) is 0 Å². The summed E-state index contributed by atoms with van der Waals surface area (Å²) in [5.41, 5.74) is 11.7. The van der Waals surface area contributed by atoms with Crippen molar-refractivity contribution in [1.82, 2.24) is 24.9 Å². The summed E-state index contributed by atoms with van der Waals surface area (Å²) in [7, 11) is 0. The molecule has 0 bridgehead atoms. The number of pyridine rings is 2. The van der Waals surface area contributed by atoms with E-state index >= 15 is 0 Å². The SMILES string of the molecule is CC(C)c1cc(Cl)c2nc[nH]c2c1.CC(C)c1cc(Cl)c2ncccc2c1.CC(C)c1cc(Cl)c2ncsc2c1.CC(C)c1ccc2ncccc2c1. The molecular formula is C44H46Cl3N5S. The van der Waals surface area contributed by atoms with Gasteiger partial charge >= 0.3 is 0 Å². The number of imidazole rings is 1. The van der Waals surface area contributed by atoms with E-state index in [1.807, 2.05) is 48.1 Å². The number of hydrogen-bond donors (Lipinski definition) is 1. The monoisotopic (exact) mass is 781 g/mol. The van der Waals surface area contributed by atoms with Gasteiger partial charge in [0.15, 0.2) is 0 Å². The van der Waals surface area contributed by atoms with Crippen molar-refractivity contribution in [2.75, 3.05) is 0 Å². The Morgan fingerprint density at radius 3 is 1.72 bits per heavy atom. The fourth-order valence-electron chi connectivity index (χ4n) is 5.60. The Labute approximate surface area is 331 Å². The molecule has 0 aliphatic heterocycles. The van der Waals surface area contributed by atoms with Gasteiger partial charge < -0.3 is 4.98 Å². The van der Waals surface area contributed by atoms with Gasteiger partial charge in [-0.3, -0.25) is 9.97 Å². The minimum absolute atomic E-state index is 0.491. The molecule has 8 aromatic rings. The summed E-state index contributed by atoms with van der Waals surface area (Å²) in [6.45, 7) is 17.4. The smallest absolute Gasteiger partial charge is 0.107 e. The number of H-pyrrole nitrogens is 1. The molecule has 4 aromatic heterocycles. The minimum Gasteiger partial charge on any atom is -0.345 e. The third-order valence-corrected chi connectivity index (χ3v) is 10.5. The van der Waals surface area contributed by atoms with E-state index in [0.29, 0.717) is 23.7 Å². The third kappa shape index (κ3) is 10.3. The maximum Gasteiger partial charge on any atom is 0.107 e. The molecule has 0 aliphatic carbocycles. The third-order valence-electron chi connectivity index (χ3n) is 8.89. The van der Waals surface area contributed by atoms with Gasteiger partial charge in [-0.15, -0.1) is 11.3 Å². The van der Waals surface area contributed by atoms with Crippen LogP contribution in [-0.2, 0) is 0 Å². The lowest BCUT2D eigenvalue weighted by Crippen LogP contribution is -1.88. The van der Waals surface area contributed by atoms with Crippen molar-refractivity contribution in [2.45, 2.75) is 79.1 Å². The van der Waals surface area contributed by atoms with Gasteiger partial charge in [-0.1, -0.05) is 108 Å². The number of aromatic nitrogens is 5. The molecule has 0 amide bonds. The quantitative estimate of drug-likeness (QED) is 0.193. The van der Waals surface area contributed by atoms with Crippen LogP contribution in [0.3, 0.4) is 0 Å². The topological polar surface area (TPSA) is 67.3 Å². The lowest BCUT2D eigenvalue weighted by atomic mass is 10.0. The van der Waals surface area contributed by atoms with Gasteiger partial charge in [0.05, 0.1) is 53.7 Å². The molecule has 0 saturated heterocycles. The number of nitrogens with one attached hydrogen (secondary N) is 1. The molecule has 8 rings (SSSR count). The highest BCUT2D eigenvalue weighted by Crippen LogP contribution is 2.31. The highest BCUT2D eigenvalue weighted by Gasteiger charge is 2.09. The van der Waals surface area contributed by atoms with E-state index in [0.717, 1.165) is 48.0 Å². The van der Waals surface area contributed by atoms with Gasteiger partial charge in [-0.25, -0.2) is 9.97 Å². The van der Waals surface area contributed by atoms with Crippen LogP contribution in [0.1, 0.15) is 101 Å². The summed E-state index contributed by atoms with van der Waals surface area (Å²) in [4.78, 5) is 19.9. The molecule has 274 valence electrons. The average Bonchev–Trinajstić information content (AvgIpc) is 3.83. The Balaban J connectivity index is 0.000000136. The van der Waals surface area contributed by atoms with E-state index in [-0.39, 0.29) is 0 Å². The molecule has 1 N–H and O–H groups in total. The summed E-state index contributed by atoms with van der Waals surface area (Å²) < 4.78 is 1.18. The lowest BCUT2D eigenvalue weighted by molar-refractivity contribution is 0.868. The first-order valence-corrected chi connectivity index (χ1v) is 19.9. The Kier molecular flexibility index (Phi) is 13.9. The van der Waals surface area contributed by atoms with Gasteiger partial charge in [0.25, 0.3) is 0 Å². The fourth-order valence-corrected chi connectivity index (χ4v) is 7.24. The van der Waals surface area contributed by atoms with Gasteiger partial charge in [0, 0.05) is 23.2 Å². The van der Waals surface area contributed by atoms with E-state index in [2.05, 4.69) is 123 Å². The number of rotatable bonds is 4. The van der Waals surface area contributed by atoms with Crippen molar-refractivity contribution < 1.29 is 0 Å². The number of halogens is 3. The summed E-state index contributed by atoms with van der Waals surface area (Å²) in [5.74, 6) is 2.09. The van der Waals surface area contributed by atoms with E-state index < -0.39 is 0 Å². The summed E-state index contributed by atoms with van der Waals surface area (Å²) in [6, 6.07) is 26.9. The molecule has 0 spiro atoms. The first-order valence-electron chi connectivity index (χ1n) is 17.9. The summed E-state index contributed by atoms with van der Waals surface area (Å²) >= 11 is 19.9. The normalized spacial score (nSPS) is 11.2. The number of fused-ring (bicyclic) bond motifs is 4. The Hall–Kier alpha value is -4.07. The predicted molar refractivity (Wildman–Crippen MR) is 231 cm³/mol. The summed E-state index contributed by atoms with van der Waals surface area (Å²) in [5, 5.41) is 4.58. The number of hydrogen-bond acceptors (Lipinski definition) is 5. The second-order valence-electron chi connectivity index (χ2n) is 14.2. The van der Waals surface area contributed by atoms with Crippen molar-refractivity contribution >= 4 is 89.2 Å². The molecule has 4 aromatic carbocycles. The van der Waals surface area contributed by atoms with Crippen LogP contribution < -0.4 is 0 Å². The first kappa shape index (κ1) is 40.1. The van der Waals surface area contributed by atoms with Crippen LogP contribution >= 0.6 is 46.1 Å². The predicted octanol–water partition coefficient (Wildman–Crippen LogP) is 14.8.